The van der Waals surface area contributed by atoms with E-state index in [1.807, 2.05) is 18.2 Å². The van der Waals surface area contributed by atoms with Crippen LogP contribution in [0.4, 0.5) is 0 Å². The maximum absolute atomic E-state index is 12.2. The normalized spacial score (nSPS) is 16.6. The lowest BCUT2D eigenvalue weighted by Gasteiger charge is -2.36. The van der Waals surface area contributed by atoms with Crippen LogP contribution in [0.1, 0.15) is 29.6 Å². The molecule has 0 radical (unpaired) electrons. The molecule has 1 aliphatic rings. The highest BCUT2D eigenvalue weighted by molar-refractivity contribution is 9.10. The summed E-state index contributed by atoms with van der Waals surface area (Å²) in [5, 5.41) is 0. The first-order valence-electron chi connectivity index (χ1n) is 5.84. The Morgan fingerprint density at radius 1 is 1.33 bits per heavy atom. The van der Waals surface area contributed by atoms with Crippen molar-refractivity contribution in [2.45, 2.75) is 24.9 Å². The van der Waals surface area contributed by atoms with E-state index < -0.39 is 5.60 Å². The van der Waals surface area contributed by atoms with Gasteiger partial charge in [0.25, 0.3) is 0 Å². The highest BCUT2D eigenvalue weighted by atomic mass is 79.9. The van der Waals surface area contributed by atoms with Gasteiger partial charge in [-0.1, -0.05) is 28.1 Å². The average Bonchev–Trinajstić information content (AvgIpc) is 2.31. The molecule has 2 nitrogen and oxygen atoms in total. The minimum Gasteiger partial charge on any atom is -0.485 e. The van der Waals surface area contributed by atoms with Gasteiger partial charge < -0.3 is 4.74 Å². The number of hydrogen-bond acceptors (Lipinski definition) is 2. The average molecular weight is 307 g/mol. The molecule has 0 fully saturated rings. The molecule has 18 heavy (non-hydrogen) atoms. The fourth-order valence-electron chi connectivity index (χ4n) is 2.30. The molecule has 0 amide bonds. The zero-order valence-corrected chi connectivity index (χ0v) is 11.7. The first-order chi connectivity index (χ1) is 8.60. The third-order valence-corrected chi connectivity index (χ3v) is 3.58. The van der Waals surface area contributed by atoms with E-state index in [2.05, 4.69) is 29.1 Å². The van der Waals surface area contributed by atoms with Crippen molar-refractivity contribution in [2.24, 2.45) is 0 Å². The summed E-state index contributed by atoms with van der Waals surface area (Å²) in [5.41, 5.74) is 0.134. The van der Waals surface area contributed by atoms with E-state index in [1.165, 1.54) is 0 Å². The minimum atomic E-state index is -0.512. The Balaban J connectivity index is 2.41. The first-order valence-corrected chi connectivity index (χ1v) is 6.63. The lowest BCUT2D eigenvalue weighted by molar-refractivity contribution is 0.0442. The van der Waals surface area contributed by atoms with Crippen molar-refractivity contribution in [2.75, 3.05) is 0 Å². The van der Waals surface area contributed by atoms with Gasteiger partial charge in [0.05, 0.1) is 12.0 Å². The van der Waals surface area contributed by atoms with Gasteiger partial charge in [0, 0.05) is 17.3 Å². The standard InChI is InChI=1S/C15H15BrO2/c1-3-7-15(8-4-2)10-13(17)12-9-11(16)5-6-14(12)18-15/h3-6,9H,1-2,7-8,10H2. The Kier molecular flexibility index (Phi) is 3.71. The van der Waals surface area contributed by atoms with Crippen LogP contribution >= 0.6 is 15.9 Å². The first kappa shape index (κ1) is 13.1. The third-order valence-electron chi connectivity index (χ3n) is 3.08. The number of benzene rings is 1. The highest BCUT2D eigenvalue weighted by Crippen LogP contribution is 2.38. The van der Waals surface area contributed by atoms with Crippen molar-refractivity contribution in [3.63, 3.8) is 0 Å². The summed E-state index contributed by atoms with van der Waals surface area (Å²) < 4.78 is 6.93. The van der Waals surface area contributed by atoms with E-state index >= 15 is 0 Å². The van der Waals surface area contributed by atoms with Gasteiger partial charge in [0.2, 0.25) is 0 Å². The van der Waals surface area contributed by atoms with Crippen LogP contribution < -0.4 is 4.74 Å². The van der Waals surface area contributed by atoms with Gasteiger partial charge in [-0.3, -0.25) is 4.79 Å². The number of Topliss-reactive ketones (excluding diaryl/α,β-unsaturated/α-hetero) is 1. The van der Waals surface area contributed by atoms with Gasteiger partial charge in [-0.25, -0.2) is 0 Å². The van der Waals surface area contributed by atoms with E-state index in [4.69, 9.17) is 4.74 Å². The number of halogens is 1. The molecule has 0 N–H and O–H groups in total. The molecule has 1 aromatic carbocycles. The second kappa shape index (κ2) is 5.11. The molecule has 0 saturated heterocycles. The molecule has 0 bridgehead atoms. The molecule has 0 atom stereocenters. The lowest BCUT2D eigenvalue weighted by atomic mass is 9.85. The van der Waals surface area contributed by atoms with Crippen LogP contribution in [0.25, 0.3) is 0 Å². The molecule has 1 aromatic rings. The minimum absolute atomic E-state index is 0.112. The predicted octanol–water partition coefficient (Wildman–Crippen LogP) is 4.31. The summed E-state index contributed by atoms with van der Waals surface area (Å²) >= 11 is 3.37. The van der Waals surface area contributed by atoms with Crippen LogP contribution in [0.2, 0.25) is 0 Å². The topological polar surface area (TPSA) is 26.3 Å². The summed E-state index contributed by atoms with van der Waals surface area (Å²) in [6, 6.07) is 5.52. The number of rotatable bonds is 4. The van der Waals surface area contributed by atoms with E-state index in [0.717, 1.165) is 4.47 Å². The van der Waals surface area contributed by atoms with Crippen molar-refractivity contribution >= 4 is 21.7 Å². The number of ether oxygens (including phenoxy) is 1. The Labute approximate surface area is 115 Å². The lowest BCUT2D eigenvalue weighted by Crippen LogP contribution is -2.41. The van der Waals surface area contributed by atoms with Gasteiger partial charge in [-0.2, -0.15) is 0 Å². The molecule has 0 saturated carbocycles. The fraction of sp³-hybridized carbons (Fsp3) is 0.267. The van der Waals surface area contributed by atoms with Gasteiger partial charge in [-0.05, 0) is 18.2 Å². The van der Waals surface area contributed by atoms with E-state index in [1.54, 1.807) is 12.2 Å². The Morgan fingerprint density at radius 2 is 2.00 bits per heavy atom. The Bertz CT molecular complexity index is 495. The van der Waals surface area contributed by atoms with Crippen LogP contribution in [-0.2, 0) is 0 Å². The summed E-state index contributed by atoms with van der Waals surface area (Å²) in [5.74, 6) is 0.763. The van der Waals surface area contributed by atoms with E-state index in [-0.39, 0.29) is 5.78 Å². The van der Waals surface area contributed by atoms with Crippen LogP contribution in [0.3, 0.4) is 0 Å². The van der Waals surface area contributed by atoms with Crippen molar-refractivity contribution in [3.05, 3.63) is 53.5 Å². The van der Waals surface area contributed by atoms with Crippen molar-refractivity contribution in [1.29, 1.82) is 0 Å². The van der Waals surface area contributed by atoms with Gasteiger partial charge >= 0.3 is 0 Å². The summed E-state index contributed by atoms with van der Waals surface area (Å²) in [6.07, 6.45) is 5.23. The van der Waals surface area contributed by atoms with Gasteiger partial charge in [0.15, 0.2) is 5.78 Å². The molecule has 1 aliphatic heterocycles. The fourth-order valence-corrected chi connectivity index (χ4v) is 2.66. The molecule has 0 aliphatic carbocycles. The molecule has 0 unspecified atom stereocenters. The second-order valence-corrected chi connectivity index (χ2v) is 5.43. The number of hydrogen-bond donors (Lipinski definition) is 0. The molecule has 3 heteroatoms. The molecule has 1 heterocycles. The maximum Gasteiger partial charge on any atom is 0.170 e. The number of ketones is 1. The van der Waals surface area contributed by atoms with E-state index in [9.17, 15) is 4.79 Å². The molecule has 94 valence electrons. The molecule has 2 rings (SSSR count). The van der Waals surface area contributed by atoms with Crippen molar-refractivity contribution in [3.8, 4) is 5.75 Å². The Morgan fingerprint density at radius 3 is 2.61 bits per heavy atom. The number of carbonyl (C=O) groups is 1. The molecule has 0 aromatic heterocycles. The monoisotopic (exact) mass is 306 g/mol. The zero-order valence-electron chi connectivity index (χ0n) is 10.1. The summed E-state index contributed by atoms with van der Waals surface area (Å²) in [6.45, 7) is 7.49. The highest BCUT2D eigenvalue weighted by Gasteiger charge is 2.38. The van der Waals surface area contributed by atoms with Crippen molar-refractivity contribution < 1.29 is 9.53 Å². The van der Waals surface area contributed by atoms with Crippen LogP contribution in [0.15, 0.2) is 48.0 Å². The summed E-state index contributed by atoms with van der Waals surface area (Å²) in [7, 11) is 0. The largest absolute Gasteiger partial charge is 0.485 e. The second-order valence-electron chi connectivity index (χ2n) is 4.51. The van der Waals surface area contributed by atoms with Crippen LogP contribution in [0, 0.1) is 0 Å². The third kappa shape index (κ3) is 2.41. The van der Waals surface area contributed by atoms with Crippen LogP contribution in [0.5, 0.6) is 5.75 Å². The maximum atomic E-state index is 12.2. The molecular weight excluding hydrogens is 292 g/mol. The van der Waals surface area contributed by atoms with Gasteiger partial charge in [-0.15, -0.1) is 13.2 Å². The quantitative estimate of drug-likeness (QED) is 0.775. The van der Waals surface area contributed by atoms with Crippen molar-refractivity contribution in [1.82, 2.24) is 0 Å². The molecule has 0 spiro atoms. The van der Waals surface area contributed by atoms with Crippen LogP contribution in [-0.4, -0.2) is 11.4 Å². The zero-order chi connectivity index (χ0) is 13.2. The smallest absolute Gasteiger partial charge is 0.170 e. The number of fused-ring (bicyclic) bond motifs is 1. The SMILES string of the molecule is C=CCC1(CC=C)CC(=O)c2cc(Br)ccc2O1. The molecular formula is C15H15BrO2. The van der Waals surface area contributed by atoms with Gasteiger partial charge in [0.1, 0.15) is 11.4 Å². The Hall–Kier alpha value is -1.35. The summed E-state index contributed by atoms with van der Waals surface area (Å²) in [4.78, 5) is 12.2. The predicted molar refractivity (Wildman–Crippen MR) is 76.1 cm³/mol. The number of carbonyl (C=O) groups excluding carboxylic acids is 1. The van der Waals surface area contributed by atoms with E-state index in [0.29, 0.717) is 30.6 Å².